The Balaban J connectivity index is 1.81. The van der Waals surface area contributed by atoms with E-state index in [0.29, 0.717) is 33.7 Å². The molecule has 28 heavy (non-hydrogen) atoms. The first-order chi connectivity index (χ1) is 13.7. The zero-order valence-electron chi connectivity index (χ0n) is 15.0. The van der Waals surface area contributed by atoms with E-state index >= 15 is 0 Å². The molecule has 0 unspecified atom stereocenters. The van der Waals surface area contributed by atoms with E-state index in [1.54, 1.807) is 25.3 Å². The lowest BCUT2D eigenvalue weighted by atomic mass is 10.2. The number of hydrogen-bond acceptors (Lipinski definition) is 6. The molecule has 6 nitrogen and oxygen atoms in total. The average molecular weight is 393 g/mol. The predicted molar refractivity (Wildman–Crippen MR) is 106 cm³/mol. The summed E-state index contributed by atoms with van der Waals surface area (Å²) in [5, 5.41) is 10.5. The lowest BCUT2D eigenvalue weighted by Crippen LogP contribution is -2.02. The van der Waals surface area contributed by atoms with Gasteiger partial charge in [0.25, 0.3) is 0 Å². The van der Waals surface area contributed by atoms with Crippen molar-refractivity contribution in [2.75, 3.05) is 7.11 Å². The van der Waals surface area contributed by atoms with Gasteiger partial charge in [0.2, 0.25) is 0 Å². The molecule has 4 aromatic rings. The first kappa shape index (κ1) is 18.1. The maximum Gasteiger partial charge on any atom is 0.198 e. The maximum atomic E-state index is 14.1. The van der Waals surface area contributed by atoms with Gasteiger partial charge in [-0.2, -0.15) is 0 Å². The molecule has 0 fully saturated rings. The molecule has 8 heteroatoms. The van der Waals surface area contributed by atoms with Crippen LogP contribution >= 0.6 is 11.8 Å². The topological polar surface area (TPSA) is 65.7 Å². The highest BCUT2D eigenvalue weighted by atomic mass is 32.2. The number of halogens is 1. The van der Waals surface area contributed by atoms with Gasteiger partial charge >= 0.3 is 0 Å². The number of allylic oxidation sites excluding steroid dienone is 1. The van der Waals surface area contributed by atoms with E-state index in [1.165, 1.54) is 24.2 Å². The van der Waals surface area contributed by atoms with Crippen LogP contribution in [-0.4, -0.2) is 31.8 Å². The fraction of sp³-hybridized carbons (Fsp3) is 0.100. The van der Waals surface area contributed by atoms with Crippen LogP contribution in [0.3, 0.4) is 0 Å². The minimum absolute atomic E-state index is 0.278. The van der Waals surface area contributed by atoms with Crippen LogP contribution in [0.15, 0.2) is 71.6 Å². The molecule has 2 heterocycles. The molecule has 0 aliphatic heterocycles. The largest absolute Gasteiger partial charge is 0.496 e. The van der Waals surface area contributed by atoms with Crippen molar-refractivity contribution in [3.05, 3.63) is 67.3 Å². The lowest BCUT2D eigenvalue weighted by molar-refractivity contribution is 0.416. The van der Waals surface area contributed by atoms with E-state index in [0.717, 1.165) is 5.56 Å². The number of fused-ring (bicyclic) bond motifs is 1. The van der Waals surface area contributed by atoms with Crippen molar-refractivity contribution >= 4 is 22.7 Å². The van der Waals surface area contributed by atoms with Gasteiger partial charge in [-0.1, -0.05) is 24.3 Å². The molecule has 0 bridgehead atoms. The molecule has 0 saturated carbocycles. The average Bonchev–Trinajstić information content (AvgIpc) is 3.11. The standard InChI is InChI=1S/C20H16FN5OS/c1-3-11-26-18(13-7-4-5-10-16(13)27-2)24-25-20(26)28-19-14-8-6-9-15(21)17(14)22-12-23-19/h3-10,12H,1,11H2,2H3. The molecule has 0 radical (unpaired) electrons. The third kappa shape index (κ3) is 3.22. The van der Waals surface area contributed by atoms with Crippen LogP contribution in [0.1, 0.15) is 0 Å². The van der Waals surface area contributed by atoms with Gasteiger partial charge in [0, 0.05) is 11.9 Å². The van der Waals surface area contributed by atoms with Crippen molar-refractivity contribution in [2.45, 2.75) is 16.7 Å². The Kier molecular flexibility index (Phi) is 5.03. The molecule has 4 rings (SSSR count). The number of methoxy groups -OCH3 is 1. The molecular formula is C20H16FN5OS. The summed E-state index contributed by atoms with van der Waals surface area (Å²) in [6.07, 6.45) is 3.12. The summed E-state index contributed by atoms with van der Waals surface area (Å²) in [5.41, 5.74) is 1.10. The van der Waals surface area contributed by atoms with Gasteiger partial charge in [0.05, 0.1) is 12.7 Å². The SMILES string of the molecule is C=CCn1c(Sc2ncnc3c(F)cccc23)nnc1-c1ccccc1OC. The number of aromatic nitrogens is 5. The second kappa shape index (κ2) is 7.77. The van der Waals surface area contributed by atoms with Crippen molar-refractivity contribution in [1.29, 1.82) is 0 Å². The zero-order chi connectivity index (χ0) is 19.5. The zero-order valence-corrected chi connectivity index (χ0v) is 15.9. The number of para-hydroxylation sites is 2. The van der Waals surface area contributed by atoms with Crippen LogP contribution in [0.25, 0.3) is 22.3 Å². The van der Waals surface area contributed by atoms with Crippen molar-refractivity contribution in [1.82, 2.24) is 24.7 Å². The number of ether oxygens (including phenoxy) is 1. The molecule has 0 N–H and O–H groups in total. The Bertz CT molecular complexity index is 1160. The monoisotopic (exact) mass is 393 g/mol. The van der Waals surface area contributed by atoms with Gasteiger partial charge < -0.3 is 4.74 Å². The number of rotatable bonds is 6. The summed E-state index contributed by atoms with van der Waals surface area (Å²) >= 11 is 1.30. The summed E-state index contributed by atoms with van der Waals surface area (Å²) in [7, 11) is 1.62. The van der Waals surface area contributed by atoms with Crippen LogP contribution in [0.5, 0.6) is 5.75 Å². The van der Waals surface area contributed by atoms with Crippen LogP contribution in [-0.2, 0) is 6.54 Å². The van der Waals surface area contributed by atoms with E-state index in [1.807, 2.05) is 28.8 Å². The first-order valence-electron chi connectivity index (χ1n) is 8.47. The van der Waals surface area contributed by atoms with E-state index in [9.17, 15) is 4.39 Å². The summed E-state index contributed by atoms with van der Waals surface area (Å²) in [6, 6.07) is 12.4. The van der Waals surface area contributed by atoms with Gasteiger partial charge in [-0.25, -0.2) is 14.4 Å². The summed E-state index contributed by atoms with van der Waals surface area (Å²) < 4.78 is 21.4. The van der Waals surface area contributed by atoms with Crippen LogP contribution in [0, 0.1) is 5.82 Å². The molecule has 0 aliphatic rings. The minimum atomic E-state index is -0.385. The Hall–Kier alpha value is -3.26. The van der Waals surface area contributed by atoms with Crippen LogP contribution < -0.4 is 4.74 Å². The fourth-order valence-electron chi connectivity index (χ4n) is 2.88. The molecule has 0 amide bonds. The molecule has 140 valence electrons. The van der Waals surface area contributed by atoms with Gasteiger partial charge in [-0.05, 0) is 36.0 Å². The Morgan fingerprint density at radius 3 is 2.82 bits per heavy atom. The summed E-state index contributed by atoms with van der Waals surface area (Å²) in [4.78, 5) is 8.36. The smallest absolute Gasteiger partial charge is 0.198 e. The number of nitrogens with zero attached hydrogens (tertiary/aromatic N) is 5. The van der Waals surface area contributed by atoms with Crippen molar-refractivity contribution in [3.8, 4) is 17.1 Å². The predicted octanol–water partition coefficient (Wildman–Crippen LogP) is 4.37. The fourth-order valence-corrected chi connectivity index (χ4v) is 3.78. The van der Waals surface area contributed by atoms with Crippen LogP contribution in [0.4, 0.5) is 4.39 Å². The Morgan fingerprint density at radius 1 is 1.14 bits per heavy atom. The Morgan fingerprint density at radius 2 is 2.00 bits per heavy atom. The van der Waals surface area contributed by atoms with E-state index < -0.39 is 0 Å². The van der Waals surface area contributed by atoms with Gasteiger partial charge in [0.1, 0.15) is 28.4 Å². The van der Waals surface area contributed by atoms with Crippen molar-refractivity contribution < 1.29 is 9.13 Å². The second-order valence-electron chi connectivity index (χ2n) is 5.82. The summed E-state index contributed by atoms with van der Waals surface area (Å²) in [5.74, 6) is 0.972. The molecule has 2 aromatic carbocycles. The highest BCUT2D eigenvalue weighted by Crippen LogP contribution is 2.35. The van der Waals surface area contributed by atoms with E-state index in [4.69, 9.17) is 4.74 Å². The highest BCUT2D eigenvalue weighted by molar-refractivity contribution is 7.99. The molecule has 0 aliphatic carbocycles. The Labute approximate surface area is 165 Å². The highest BCUT2D eigenvalue weighted by Gasteiger charge is 2.19. The van der Waals surface area contributed by atoms with Crippen molar-refractivity contribution in [2.24, 2.45) is 0 Å². The van der Waals surface area contributed by atoms with Gasteiger partial charge in [0.15, 0.2) is 11.0 Å². The third-order valence-electron chi connectivity index (χ3n) is 4.14. The summed E-state index contributed by atoms with van der Waals surface area (Å²) in [6.45, 7) is 4.33. The third-order valence-corrected chi connectivity index (χ3v) is 5.15. The first-order valence-corrected chi connectivity index (χ1v) is 9.29. The van der Waals surface area contributed by atoms with E-state index in [-0.39, 0.29) is 11.3 Å². The number of benzene rings is 2. The maximum absolute atomic E-state index is 14.1. The van der Waals surface area contributed by atoms with Crippen molar-refractivity contribution in [3.63, 3.8) is 0 Å². The van der Waals surface area contributed by atoms with Gasteiger partial charge in [-0.3, -0.25) is 4.57 Å². The minimum Gasteiger partial charge on any atom is -0.496 e. The normalized spacial score (nSPS) is 10.9. The van der Waals surface area contributed by atoms with E-state index in [2.05, 4.69) is 26.7 Å². The quantitative estimate of drug-likeness (QED) is 0.358. The lowest BCUT2D eigenvalue weighted by Gasteiger charge is -2.11. The number of hydrogen-bond donors (Lipinski definition) is 0. The van der Waals surface area contributed by atoms with Crippen LogP contribution in [0.2, 0.25) is 0 Å². The molecule has 0 saturated heterocycles. The molecule has 0 spiro atoms. The molecule has 0 atom stereocenters. The molecular weight excluding hydrogens is 377 g/mol. The van der Waals surface area contributed by atoms with Gasteiger partial charge in [-0.15, -0.1) is 16.8 Å². The second-order valence-corrected chi connectivity index (χ2v) is 6.78. The molecule has 2 aromatic heterocycles.